The molecule has 1 aliphatic carbocycles. The minimum Gasteiger partial charge on any atom is -0.485 e. The smallest absolute Gasteiger partial charge is 0.128 e. The van der Waals surface area contributed by atoms with Crippen molar-refractivity contribution in [3.63, 3.8) is 0 Å². The molecule has 1 aliphatic heterocycles. The Morgan fingerprint density at radius 2 is 0.932 bits per heavy atom. The number of para-hydroxylation sites is 5. The van der Waals surface area contributed by atoms with Crippen molar-refractivity contribution in [3.05, 3.63) is 206 Å². The molecule has 4 heterocycles. The van der Waals surface area contributed by atoms with Crippen LogP contribution in [0.25, 0.3) is 99.0 Å². The SMILES string of the molecule is C1=CC2Oc3ccc4c(-c5ccc(-c6cc(-n7c8ccccc8c8ccccc87)cc(-n7c8ccccc8c8ccccc87)c6)cc5)nc5ccccc5c4c3C2C=C1. The van der Waals surface area contributed by atoms with Crippen LogP contribution in [0.3, 0.4) is 0 Å². The van der Waals surface area contributed by atoms with Crippen LogP contribution in [0.15, 0.2) is 200 Å². The van der Waals surface area contributed by atoms with Crippen LogP contribution in [0.5, 0.6) is 5.75 Å². The molecule has 3 aromatic heterocycles. The Kier molecular flexibility index (Phi) is 6.81. The molecular weight excluding hydrogens is 719 g/mol. The third-order valence-corrected chi connectivity index (χ3v) is 12.6. The van der Waals surface area contributed by atoms with Crippen molar-refractivity contribution in [1.29, 1.82) is 0 Å². The van der Waals surface area contributed by atoms with E-state index in [1.807, 2.05) is 0 Å². The van der Waals surface area contributed by atoms with Gasteiger partial charge in [-0.3, -0.25) is 0 Å². The van der Waals surface area contributed by atoms with Crippen molar-refractivity contribution in [1.82, 2.24) is 14.1 Å². The Hall–Kier alpha value is -7.69. The largest absolute Gasteiger partial charge is 0.485 e. The Bertz CT molecular complexity index is 3360. The second-order valence-electron chi connectivity index (χ2n) is 15.8. The highest BCUT2D eigenvalue weighted by Gasteiger charge is 2.34. The van der Waals surface area contributed by atoms with Gasteiger partial charge in [-0.15, -0.1) is 0 Å². The zero-order valence-corrected chi connectivity index (χ0v) is 32.0. The molecule has 2 aliphatic rings. The van der Waals surface area contributed by atoms with Gasteiger partial charge >= 0.3 is 0 Å². The van der Waals surface area contributed by atoms with E-state index in [-0.39, 0.29) is 12.0 Å². The molecule has 2 unspecified atom stereocenters. The van der Waals surface area contributed by atoms with E-state index in [0.29, 0.717) is 0 Å². The molecule has 0 fully saturated rings. The molecule has 0 amide bonds. The topological polar surface area (TPSA) is 32.0 Å². The van der Waals surface area contributed by atoms with Gasteiger partial charge in [-0.05, 0) is 77.9 Å². The Morgan fingerprint density at radius 1 is 0.424 bits per heavy atom. The van der Waals surface area contributed by atoms with E-state index in [4.69, 9.17) is 9.72 Å². The Labute approximate surface area is 340 Å². The molecule has 2 atom stereocenters. The third kappa shape index (κ3) is 4.74. The minimum atomic E-state index is 0.0148. The lowest BCUT2D eigenvalue weighted by Crippen LogP contribution is -2.15. The summed E-state index contributed by atoms with van der Waals surface area (Å²) in [5.74, 6) is 1.13. The van der Waals surface area contributed by atoms with Crippen molar-refractivity contribution < 1.29 is 4.74 Å². The molecule has 11 aromatic rings. The van der Waals surface area contributed by atoms with Gasteiger partial charge in [0.05, 0.1) is 33.3 Å². The minimum absolute atomic E-state index is 0.0148. The number of nitrogens with zero attached hydrogens (tertiary/aromatic N) is 3. The molecule has 0 radical (unpaired) electrons. The number of ether oxygens (including phenoxy) is 1. The zero-order valence-electron chi connectivity index (χ0n) is 32.0. The molecule has 8 aromatic carbocycles. The van der Waals surface area contributed by atoms with Crippen molar-refractivity contribution in [2.75, 3.05) is 0 Å². The van der Waals surface area contributed by atoms with Gasteiger partial charge in [0, 0.05) is 66.1 Å². The van der Waals surface area contributed by atoms with Crippen LogP contribution in [0, 0.1) is 0 Å². The lowest BCUT2D eigenvalue weighted by Gasteiger charge is -2.17. The standard InChI is InChI=1S/C55H35N3O/c1-7-19-46-43(17-1)53-45(29-30-52-54(53)44-18-6-12-24-51(44)59-52)55(56-46)35-27-25-34(26-28-35)36-31-37(57-47-20-8-2-13-39(47)40-14-3-9-21-48(40)57)33-38(32-36)58-49-22-10-4-15-41(49)42-16-5-11-23-50(42)58/h1-33,44,51H. The van der Waals surface area contributed by atoms with Crippen LogP contribution in [0.2, 0.25) is 0 Å². The average molecular weight is 754 g/mol. The third-order valence-electron chi connectivity index (χ3n) is 12.6. The summed E-state index contributed by atoms with van der Waals surface area (Å²) < 4.78 is 11.3. The molecular formula is C55H35N3O. The van der Waals surface area contributed by atoms with E-state index >= 15 is 0 Å². The maximum atomic E-state index is 6.48. The Morgan fingerprint density at radius 3 is 1.53 bits per heavy atom. The molecule has 13 rings (SSSR count). The molecule has 276 valence electrons. The number of aromatic nitrogens is 3. The number of pyridine rings is 1. The number of rotatable bonds is 4. The van der Waals surface area contributed by atoms with E-state index in [2.05, 4.69) is 209 Å². The maximum Gasteiger partial charge on any atom is 0.128 e. The van der Waals surface area contributed by atoms with Gasteiger partial charge in [-0.1, -0.05) is 133 Å². The number of fused-ring (bicyclic) bond motifs is 13. The second-order valence-corrected chi connectivity index (χ2v) is 15.8. The highest BCUT2D eigenvalue weighted by molar-refractivity contribution is 6.14. The zero-order chi connectivity index (χ0) is 38.6. The van der Waals surface area contributed by atoms with Crippen LogP contribution >= 0.6 is 0 Å². The van der Waals surface area contributed by atoms with E-state index in [1.165, 1.54) is 54.6 Å². The van der Waals surface area contributed by atoms with E-state index in [0.717, 1.165) is 55.8 Å². The summed E-state index contributed by atoms with van der Waals surface area (Å²) in [6, 6.07) is 63.9. The van der Waals surface area contributed by atoms with E-state index < -0.39 is 0 Å². The number of allylic oxidation sites excluding steroid dienone is 2. The first-order chi connectivity index (χ1) is 29.3. The van der Waals surface area contributed by atoms with Gasteiger partial charge in [0.25, 0.3) is 0 Å². The lowest BCUT2D eigenvalue weighted by molar-refractivity contribution is 0.269. The molecule has 4 heteroatoms. The number of benzene rings is 8. The predicted molar refractivity (Wildman–Crippen MR) is 244 cm³/mol. The summed E-state index contributed by atoms with van der Waals surface area (Å²) >= 11 is 0. The number of hydrogen-bond donors (Lipinski definition) is 0. The molecule has 0 spiro atoms. The van der Waals surface area contributed by atoms with Crippen LogP contribution in [0.1, 0.15) is 11.5 Å². The van der Waals surface area contributed by atoms with E-state index in [9.17, 15) is 0 Å². The van der Waals surface area contributed by atoms with Crippen molar-refractivity contribution >= 4 is 65.3 Å². The summed E-state index contributed by atoms with van der Waals surface area (Å²) in [5.41, 5.74) is 13.6. The fourth-order valence-electron chi connectivity index (χ4n) is 10.1. The highest BCUT2D eigenvalue weighted by Crippen LogP contribution is 2.48. The average Bonchev–Trinajstić information content (AvgIpc) is 3.97. The monoisotopic (exact) mass is 753 g/mol. The molecule has 59 heavy (non-hydrogen) atoms. The fraction of sp³-hybridized carbons (Fsp3) is 0.0364. The van der Waals surface area contributed by atoms with Crippen LogP contribution in [-0.4, -0.2) is 20.2 Å². The van der Waals surface area contributed by atoms with Gasteiger partial charge < -0.3 is 13.9 Å². The number of hydrogen-bond acceptors (Lipinski definition) is 2. The first kappa shape index (κ1) is 32.4. The highest BCUT2D eigenvalue weighted by atomic mass is 16.5. The summed E-state index contributed by atoms with van der Waals surface area (Å²) in [5, 5.41) is 8.51. The maximum absolute atomic E-state index is 6.48. The quantitative estimate of drug-likeness (QED) is 0.168. The molecule has 0 saturated carbocycles. The lowest BCUT2D eigenvalue weighted by atomic mass is 9.86. The van der Waals surface area contributed by atoms with Crippen molar-refractivity contribution in [2.24, 2.45) is 0 Å². The van der Waals surface area contributed by atoms with Gasteiger partial charge in [0.2, 0.25) is 0 Å². The van der Waals surface area contributed by atoms with Crippen LogP contribution in [-0.2, 0) is 0 Å². The van der Waals surface area contributed by atoms with E-state index in [1.54, 1.807) is 0 Å². The summed E-state index contributed by atoms with van der Waals surface area (Å²) in [6.07, 6.45) is 8.70. The van der Waals surface area contributed by atoms with Crippen molar-refractivity contribution in [2.45, 2.75) is 12.0 Å². The summed E-state index contributed by atoms with van der Waals surface area (Å²) in [4.78, 5) is 5.34. The van der Waals surface area contributed by atoms with Gasteiger partial charge in [0.15, 0.2) is 0 Å². The molecule has 0 bridgehead atoms. The van der Waals surface area contributed by atoms with Crippen LogP contribution < -0.4 is 4.74 Å². The predicted octanol–water partition coefficient (Wildman–Crippen LogP) is 13.9. The normalized spacial score (nSPS) is 15.8. The molecule has 4 nitrogen and oxygen atoms in total. The second kappa shape index (κ2) is 12.4. The van der Waals surface area contributed by atoms with Gasteiger partial charge in [0.1, 0.15) is 11.9 Å². The molecule has 0 saturated heterocycles. The molecule has 0 N–H and O–H groups in total. The Balaban J connectivity index is 1.03. The first-order valence-electron chi connectivity index (χ1n) is 20.4. The summed E-state index contributed by atoms with van der Waals surface area (Å²) in [7, 11) is 0. The fourth-order valence-corrected chi connectivity index (χ4v) is 10.1. The first-order valence-corrected chi connectivity index (χ1v) is 20.4. The van der Waals surface area contributed by atoms with Gasteiger partial charge in [-0.2, -0.15) is 0 Å². The van der Waals surface area contributed by atoms with Gasteiger partial charge in [-0.25, -0.2) is 4.98 Å². The summed E-state index contributed by atoms with van der Waals surface area (Å²) in [6.45, 7) is 0. The van der Waals surface area contributed by atoms with Crippen LogP contribution in [0.4, 0.5) is 0 Å². The van der Waals surface area contributed by atoms with Crippen molar-refractivity contribution in [3.8, 4) is 39.5 Å².